The molecule has 0 radical (unpaired) electrons. The van der Waals surface area contributed by atoms with Crippen molar-refractivity contribution in [2.75, 3.05) is 7.11 Å². The maximum absolute atomic E-state index is 11.7. The van der Waals surface area contributed by atoms with Crippen LogP contribution in [0.1, 0.15) is 49.0 Å². The standard InChI is InChI=1S/C19H27N3O3/c1-13(2)22-17(9-10-20-22)16(18(25-4)12-19(23)21-24)11-15-7-5-14(3)6-8-15/h5-10,13,16,18,24H,11-12H2,1-4H3,(H,21,23)/t16-,18-/m1/s1. The molecular formula is C19H27N3O3. The summed E-state index contributed by atoms with van der Waals surface area (Å²) in [6, 6.07) is 10.5. The van der Waals surface area contributed by atoms with Crippen LogP contribution in [0.4, 0.5) is 0 Å². The van der Waals surface area contributed by atoms with Gasteiger partial charge in [-0.2, -0.15) is 5.10 Å². The summed E-state index contributed by atoms with van der Waals surface area (Å²) in [6.07, 6.45) is 2.20. The Balaban J connectivity index is 2.37. The molecule has 1 aromatic carbocycles. The molecule has 1 aromatic heterocycles. The Labute approximate surface area is 148 Å². The van der Waals surface area contributed by atoms with Crippen molar-refractivity contribution in [3.63, 3.8) is 0 Å². The van der Waals surface area contributed by atoms with E-state index in [0.717, 1.165) is 12.1 Å². The average molecular weight is 345 g/mol. The highest BCUT2D eigenvalue weighted by Crippen LogP contribution is 2.29. The monoisotopic (exact) mass is 345 g/mol. The number of amides is 1. The highest BCUT2D eigenvalue weighted by molar-refractivity contribution is 5.75. The molecule has 1 amide bonds. The number of aryl methyl sites for hydroxylation is 1. The molecule has 0 bridgehead atoms. The molecule has 136 valence electrons. The zero-order valence-electron chi connectivity index (χ0n) is 15.3. The van der Waals surface area contributed by atoms with Crippen molar-refractivity contribution in [2.24, 2.45) is 0 Å². The SMILES string of the molecule is CO[C@H](CC(=O)NO)[C@H](Cc1ccc(C)cc1)c1ccnn1C(C)C. The molecule has 6 heteroatoms. The first kappa shape index (κ1) is 19.1. The van der Waals surface area contributed by atoms with E-state index in [1.54, 1.807) is 18.8 Å². The van der Waals surface area contributed by atoms with E-state index >= 15 is 0 Å². The van der Waals surface area contributed by atoms with Gasteiger partial charge in [0, 0.05) is 31.0 Å². The molecule has 0 aliphatic rings. The van der Waals surface area contributed by atoms with E-state index in [0.29, 0.717) is 0 Å². The van der Waals surface area contributed by atoms with Gasteiger partial charge in [0.25, 0.3) is 0 Å². The van der Waals surface area contributed by atoms with Crippen LogP contribution >= 0.6 is 0 Å². The van der Waals surface area contributed by atoms with Crippen LogP contribution in [-0.4, -0.2) is 34.1 Å². The lowest BCUT2D eigenvalue weighted by molar-refractivity contribution is -0.132. The highest BCUT2D eigenvalue weighted by Gasteiger charge is 2.29. The first-order valence-electron chi connectivity index (χ1n) is 8.51. The largest absolute Gasteiger partial charge is 0.380 e. The molecule has 0 spiro atoms. The second kappa shape index (κ2) is 8.78. The van der Waals surface area contributed by atoms with Gasteiger partial charge in [-0.3, -0.25) is 14.7 Å². The van der Waals surface area contributed by atoms with Crippen molar-refractivity contribution in [1.82, 2.24) is 15.3 Å². The van der Waals surface area contributed by atoms with Crippen molar-refractivity contribution in [1.29, 1.82) is 0 Å². The molecule has 0 saturated carbocycles. The second-order valence-corrected chi connectivity index (χ2v) is 6.60. The van der Waals surface area contributed by atoms with Crippen LogP contribution in [-0.2, 0) is 16.0 Å². The Kier molecular flexibility index (Phi) is 6.73. The van der Waals surface area contributed by atoms with Gasteiger partial charge in [0.2, 0.25) is 5.91 Å². The minimum Gasteiger partial charge on any atom is -0.380 e. The maximum atomic E-state index is 11.7. The summed E-state index contributed by atoms with van der Waals surface area (Å²) in [6.45, 7) is 6.20. The third-order valence-electron chi connectivity index (χ3n) is 4.41. The number of aromatic nitrogens is 2. The summed E-state index contributed by atoms with van der Waals surface area (Å²) >= 11 is 0. The molecular weight excluding hydrogens is 318 g/mol. The number of methoxy groups -OCH3 is 1. The minimum atomic E-state index is -0.462. The Bertz CT molecular complexity index is 679. The number of carbonyl (C=O) groups excluding carboxylic acids is 1. The van der Waals surface area contributed by atoms with Crippen LogP contribution in [0.15, 0.2) is 36.5 Å². The molecule has 0 saturated heterocycles. The first-order chi connectivity index (χ1) is 12.0. The summed E-state index contributed by atoms with van der Waals surface area (Å²) in [5.41, 5.74) is 5.09. The molecule has 25 heavy (non-hydrogen) atoms. The molecule has 0 unspecified atom stereocenters. The minimum absolute atomic E-state index is 0.0603. The zero-order valence-corrected chi connectivity index (χ0v) is 15.3. The summed E-state index contributed by atoms with van der Waals surface area (Å²) in [5, 5.41) is 13.3. The Morgan fingerprint density at radius 3 is 2.52 bits per heavy atom. The van der Waals surface area contributed by atoms with E-state index < -0.39 is 5.91 Å². The normalized spacial score (nSPS) is 13.7. The van der Waals surface area contributed by atoms with E-state index in [9.17, 15) is 4.79 Å². The molecule has 0 aliphatic carbocycles. The number of hydroxylamine groups is 1. The fourth-order valence-corrected chi connectivity index (χ4v) is 3.07. The quantitative estimate of drug-likeness (QED) is 0.569. The predicted octanol–water partition coefficient (Wildman–Crippen LogP) is 3.01. The zero-order chi connectivity index (χ0) is 18.4. The Hall–Kier alpha value is -2.18. The third-order valence-corrected chi connectivity index (χ3v) is 4.41. The number of hydrogen-bond acceptors (Lipinski definition) is 4. The number of benzene rings is 1. The summed E-state index contributed by atoms with van der Waals surface area (Å²) in [5.74, 6) is -0.522. The van der Waals surface area contributed by atoms with Gasteiger partial charge < -0.3 is 4.74 Å². The third kappa shape index (κ3) is 4.90. The van der Waals surface area contributed by atoms with Gasteiger partial charge in [-0.1, -0.05) is 29.8 Å². The second-order valence-electron chi connectivity index (χ2n) is 6.60. The van der Waals surface area contributed by atoms with Gasteiger partial charge in [-0.15, -0.1) is 0 Å². The Morgan fingerprint density at radius 2 is 1.96 bits per heavy atom. The van der Waals surface area contributed by atoms with Crippen LogP contribution in [0.2, 0.25) is 0 Å². The lowest BCUT2D eigenvalue weighted by Crippen LogP contribution is -2.32. The molecule has 2 N–H and O–H groups in total. The van der Waals surface area contributed by atoms with E-state index in [-0.39, 0.29) is 24.5 Å². The van der Waals surface area contributed by atoms with Crippen molar-refractivity contribution in [3.8, 4) is 0 Å². The lowest BCUT2D eigenvalue weighted by Gasteiger charge is -2.27. The Morgan fingerprint density at radius 1 is 1.28 bits per heavy atom. The number of carbonyl (C=O) groups is 1. The molecule has 2 rings (SSSR count). The topological polar surface area (TPSA) is 76.4 Å². The average Bonchev–Trinajstić information content (AvgIpc) is 3.09. The molecule has 1 heterocycles. The predicted molar refractivity (Wildman–Crippen MR) is 95.6 cm³/mol. The maximum Gasteiger partial charge on any atom is 0.245 e. The van der Waals surface area contributed by atoms with Crippen LogP contribution in [0.25, 0.3) is 0 Å². The van der Waals surface area contributed by atoms with Gasteiger partial charge in [-0.25, -0.2) is 5.48 Å². The van der Waals surface area contributed by atoms with Crippen LogP contribution in [0.5, 0.6) is 0 Å². The van der Waals surface area contributed by atoms with Crippen molar-refractivity contribution in [3.05, 3.63) is 53.3 Å². The van der Waals surface area contributed by atoms with E-state index in [4.69, 9.17) is 9.94 Å². The van der Waals surface area contributed by atoms with Gasteiger partial charge in [0.1, 0.15) is 0 Å². The van der Waals surface area contributed by atoms with E-state index in [1.807, 2.05) is 10.7 Å². The van der Waals surface area contributed by atoms with Crippen LogP contribution < -0.4 is 5.48 Å². The summed E-state index contributed by atoms with van der Waals surface area (Å²) in [4.78, 5) is 11.7. The van der Waals surface area contributed by atoms with Crippen LogP contribution in [0, 0.1) is 6.92 Å². The number of hydrogen-bond donors (Lipinski definition) is 2. The van der Waals surface area contributed by atoms with E-state index in [2.05, 4.69) is 50.1 Å². The summed E-state index contributed by atoms with van der Waals surface area (Å²) < 4.78 is 7.59. The first-order valence-corrected chi connectivity index (χ1v) is 8.51. The van der Waals surface area contributed by atoms with Crippen molar-refractivity contribution >= 4 is 5.91 Å². The van der Waals surface area contributed by atoms with Crippen molar-refractivity contribution in [2.45, 2.75) is 51.7 Å². The molecule has 0 aliphatic heterocycles. The van der Waals surface area contributed by atoms with E-state index in [1.165, 1.54) is 11.1 Å². The number of nitrogens with one attached hydrogen (secondary N) is 1. The molecule has 6 nitrogen and oxygen atoms in total. The summed E-state index contributed by atoms with van der Waals surface area (Å²) in [7, 11) is 1.59. The fraction of sp³-hybridized carbons (Fsp3) is 0.474. The number of rotatable bonds is 8. The van der Waals surface area contributed by atoms with Gasteiger partial charge in [-0.05, 0) is 38.8 Å². The molecule has 2 atom stereocenters. The fourth-order valence-electron chi connectivity index (χ4n) is 3.07. The van der Waals surface area contributed by atoms with Crippen LogP contribution in [0.3, 0.4) is 0 Å². The van der Waals surface area contributed by atoms with Gasteiger partial charge in [0.05, 0.1) is 12.5 Å². The smallest absolute Gasteiger partial charge is 0.245 e. The van der Waals surface area contributed by atoms with Crippen molar-refractivity contribution < 1.29 is 14.7 Å². The molecule has 0 fully saturated rings. The lowest BCUT2D eigenvalue weighted by atomic mass is 9.88. The molecule has 2 aromatic rings. The highest BCUT2D eigenvalue weighted by atomic mass is 16.5. The number of ether oxygens (including phenoxy) is 1. The van der Waals surface area contributed by atoms with Gasteiger partial charge >= 0.3 is 0 Å². The van der Waals surface area contributed by atoms with Gasteiger partial charge in [0.15, 0.2) is 0 Å². The number of nitrogens with zero attached hydrogens (tertiary/aromatic N) is 2.